The van der Waals surface area contributed by atoms with E-state index in [-0.39, 0.29) is 11.0 Å². The zero-order valence-electron chi connectivity index (χ0n) is 12.6. The van der Waals surface area contributed by atoms with Crippen LogP contribution in [0.1, 0.15) is 5.56 Å². The number of nitrogens with one attached hydrogen (secondary N) is 1. The van der Waals surface area contributed by atoms with Crippen molar-refractivity contribution in [2.24, 2.45) is 0 Å². The number of ether oxygens (including phenoxy) is 2. The van der Waals surface area contributed by atoms with Crippen molar-refractivity contribution in [3.05, 3.63) is 23.8 Å². The molecular weight excluding hydrogens is 292 g/mol. The lowest BCUT2D eigenvalue weighted by Gasteiger charge is -2.27. The number of benzene rings is 1. The fourth-order valence-electron chi connectivity index (χ4n) is 2.31. The third kappa shape index (κ3) is 3.74. The average Bonchev–Trinajstić information content (AvgIpc) is 2.48. The molecule has 2 rings (SSSR count). The quantitative estimate of drug-likeness (QED) is 0.862. The molecule has 1 fully saturated rings. The van der Waals surface area contributed by atoms with Crippen molar-refractivity contribution < 1.29 is 17.9 Å². The minimum Gasteiger partial charge on any atom is -0.496 e. The highest BCUT2D eigenvalue weighted by molar-refractivity contribution is 7.89. The summed E-state index contributed by atoms with van der Waals surface area (Å²) < 4.78 is 37.2. The molecule has 1 aromatic rings. The van der Waals surface area contributed by atoms with E-state index in [4.69, 9.17) is 9.47 Å². The first-order valence-corrected chi connectivity index (χ1v) is 8.32. The second-order valence-electron chi connectivity index (χ2n) is 5.11. The fourth-order valence-corrected chi connectivity index (χ4v) is 3.60. The molecule has 1 atom stereocenters. The SMILES string of the molecule is COc1ccc(S(=O)(=O)N(C)CC2CNCCO2)cc1C. The number of hydrogen-bond donors (Lipinski definition) is 1. The molecule has 1 aliphatic heterocycles. The van der Waals surface area contributed by atoms with Crippen molar-refractivity contribution in [3.8, 4) is 5.75 Å². The predicted octanol–water partition coefficient (Wildman–Crippen LogP) is 0.613. The molecule has 0 saturated carbocycles. The molecule has 0 aromatic heterocycles. The Bertz CT molecular complexity index is 583. The van der Waals surface area contributed by atoms with Gasteiger partial charge in [-0.15, -0.1) is 0 Å². The molecule has 1 saturated heterocycles. The molecule has 0 radical (unpaired) electrons. The second-order valence-corrected chi connectivity index (χ2v) is 7.16. The smallest absolute Gasteiger partial charge is 0.242 e. The van der Waals surface area contributed by atoms with Gasteiger partial charge in [0.1, 0.15) is 5.75 Å². The molecule has 1 unspecified atom stereocenters. The molecule has 1 aromatic carbocycles. The van der Waals surface area contributed by atoms with Gasteiger partial charge < -0.3 is 14.8 Å². The molecule has 1 aliphatic rings. The lowest BCUT2D eigenvalue weighted by atomic mass is 10.2. The zero-order valence-corrected chi connectivity index (χ0v) is 13.4. The Kier molecular flexibility index (Phi) is 5.21. The van der Waals surface area contributed by atoms with Crippen molar-refractivity contribution in [1.82, 2.24) is 9.62 Å². The van der Waals surface area contributed by atoms with Gasteiger partial charge in [0.05, 0.1) is 24.7 Å². The van der Waals surface area contributed by atoms with Gasteiger partial charge in [-0.25, -0.2) is 8.42 Å². The predicted molar refractivity (Wildman–Crippen MR) is 80.2 cm³/mol. The van der Waals surface area contributed by atoms with E-state index in [0.29, 0.717) is 25.4 Å². The maximum atomic E-state index is 12.6. The highest BCUT2D eigenvalue weighted by Gasteiger charge is 2.25. The summed E-state index contributed by atoms with van der Waals surface area (Å²) in [6.07, 6.45) is -0.113. The van der Waals surface area contributed by atoms with Crippen LogP contribution in [0.4, 0.5) is 0 Å². The zero-order chi connectivity index (χ0) is 15.5. The molecule has 0 spiro atoms. The molecular formula is C14H22N2O4S. The van der Waals surface area contributed by atoms with Crippen LogP contribution < -0.4 is 10.1 Å². The van der Waals surface area contributed by atoms with E-state index >= 15 is 0 Å². The third-order valence-corrected chi connectivity index (χ3v) is 5.36. The van der Waals surface area contributed by atoms with Crippen LogP contribution in [0.5, 0.6) is 5.75 Å². The number of nitrogens with zero attached hydrogens (tertiary/aromatic N) is 1. The largest absolute Gasteiger partial charge is 0.496 e. The standard InChI is InChI=1S/C14H22N2O4S/c1-11-8-13(4-5-14(11)19-3)21(17,18)16(2)10-12-9-15-6-7-20-12/h4-5,8,12,15H,6-7,9-10H2,1-3H3. The number of sulfonamides is 1. The minimum atomic E-state index is -3.52. The Morgan fingerprint density at radius 1 is 1.48 bits per heavy atom. The topological polar surface area (TPSA) is 67.9 Å². The van der Waals surface area contributed by atoms with Crippen LogP contribution in [0, 0.1) is 6.92 Å². The van der Waals surface area contributed by atoms with E-state index in [0.717, 1.165) is 12.1 Å². The lowest BCUT2D eigenvalue weighted by Crippen LogP contribution is -2.45. The Morgan fingerprint density at radius 3 is 2.81 bits per heavy atom. The van der Waals surface area contributed by atoms with E-state index in [1.54, 1.807) is 32.4 Å². The molecule has 118 valence electrons. The first-order valence-electron chi connectivity index (χ1n) is 6.88. The van der Waals surface area contributed by atoms with E-state index in [1.165, 1.54) is 4.31 Å². The lowest BCUT2D eigenvalue weighted by molar-refractivity contribution is 0.0206. The molecule has 0 bridgehead atoms. The van der Waals surface area contributed by atoms with Crippen LogP contribution in [0.15, 0.2) is 23.1 Å². The van der Waals surface area contributed by atoms with Gasteiger partial charge in [0.2, 0.25) is 10.0 Å². The van der Waals surface area contributed by atoms with Gasteiger partial charge in [0.25, 0.3) is 0 Å². The summed E-state index contributed by atoms with van der Waals surface area (Å²) in [4.78, 5) is 0.270. The maximum absolute atomic E-state index is 12.6. The summed E-state index contributed by atoms with van der Waals surface area (Å²) in [5, 5.41) is 3.19. The van der Waals surface area contributed by atoms with Gasteiger partial charge in [-0.05, 0) is 30.7 Å². The highest BCUT2D eigenvalue weighted by atomic mass is 32.2. The van der Waals surface area contributed by atoms with Crippen molar-refractivity contribution >= 4 is 10.0 Å². The molecule has 1 heterocycles. The summed E-state index contributed by atoms with van der Waals surface area (Å²) in [5.74, 6) is 0.677. The van der Waals surface area contributed by atoms with E-state index in [2.05, 4.69) is 5.32 Å². The van der Waals surface area contributed by atoms with Gasteiger partial charge in [-0.2, -0.15) is 4.31 Å². The summed E-state index contributed by atoms with van der Waals surface area (Å²) in [6.45, 7) is 4.25. The molecule has 6 nitrogen and oxygen atoms in total. The second kappa shape index (κ2) is 6.74. The van der Waals surface area contributed by atoms with E-state index in [9.17, 15) is 8.42 Å². The van der Waals surface area contributed by atoms with Crippen LogP contribution >= 0.6 is 0 Å². The molecule has 1 N–H and O–H groups in total. The third-order valence-electron chi connectivity index (χ3n) is 3.54. The van der Waals surface area contributed by atoms with Crippen molar-refractivity contribution in [3.63, 3.8) is 0 Å². The van der Waals surface area contributed by atoms with E-state index < -0.39 is 10.0 Å². The highest BCUT2D eigenvalue weighted by Crippen LogP contribution is 2.23. The van der Waals surface area contributed by atoms with Gasteiger partial charge in [-0.3, -0.25) is 0 Å². The van der Waals surface area contributed by atoms with Crippen LogP contribution in [-0.4, -0.2) is 59.2 Å². The number of aryl methyl sites for hydroxylation is 1. The van der Waals surface area contributed by atoms with Crippen LogP contribution in [-0.2, 0) is 14.8 Å². The monoisotopic (exact) mass is 314 g/mol. The van der Waals surface area contributed by atoms with Crippen molar-refractivity contribution in [2.75, 3.05) is 40.4 Å². The molecule has 7 heteroatoms. The molecule has 0 amide bonds. The summed E-state index contributed by atoms with van der Waals surface area (Å²) in [7, 11) is -0.374. The Hall–Kier alpha value is -1.15. The normalized spacial score (nSPS) is 19.7. The van der Waals surface area contributed by atoms with Crippen LogP contribution in [0.3, 0.4) is 0 Å². The summed E-state index contributed by atoms with van der Waals surface area (Å²) >= 11 is 0. The number of methoxy groups -OCH3 is 1. The van der Waals surface area contributed by atoms with E-state index in [1.807, 2.05) is 6.92 Å². The van der Waals surface area contributed by atoms with Gasteiger partial charge in [0.15, 0.2) is 0 Å². The van der Waals surface area contributed by atoms with Gasteiger partial charge >= 0.3 is 0 Å². The van der Waals surface area contributed by atoms with Crippen LogP contribution in [0.2, 0.25) is 0 Å². The van der Waals surface area contributed by atoms with Crippen molar-refractivity contribution in [2.45, 2.75) is 17.9 Å². The first kappa shape index (κ1) is 16.2. The van der Waals surface area contributed by atoms with Crippen molar-refractivity contribution in [1.29, 1.82) is 0 Å². The average molecular weight is 314 g/mol. The number of hydrogen-bond acceptors (Lipinski definition) is 5. The first-order chi connectivity index (χ1) is 9.95. The molecule has 21 heavy (non-hydrogen) atoms. The minimum absolute atomic E-state index is 0.113. The van der Waals surface area contributed by atoms with Gasteiger partial charge in [0, 0.05) is 26.7 Å². The molecule has 0 aliphatic carbocycles. The maximum Gasteiger partial charge on any atom is 0.242 e. The Labute approximate surface area is 126 Å². The Morgan fingerprint density at radius 2 is 2.24 bits per heavy atom. The Balaban J connectivity index is 2.14. The number of morpholine rings is 1. The van der Waals surface area contributed by atoms with Gasteiger partial charge in [-0.1, -0.05) is 0 Å². The fraction of sp³-hybridized carbons (Fsp3) is 0.571. The van der Waals surface area contributed by atoms with Crippen LogP contribution in [0.25, 0.3) is 0 Å². The number of rotatable bonds is 5. The summed E-state index contributed by atoms with van der Waals surface area (Å²) in [5.41, 5.74) is 0.794. The summed E-state index contributed by atoms with van der Waals surface area (Å²) in [6, 6.07) is 4.87. The number of likely N-dealkylation sites (N-methyl/N-ethyl adjacent to an activating group) is 1.